The SMILES string of the molecule is CCOc1ccc(NC(=O)N2CCC[C@@H](c3cccc(C(=O)Nc4ccc(F)cc4F)c3)C2)cc1. The number of ether oxygens (including phenoxy) is 1. The summed E-state index contributed by atoms with van der Waals surface area (Å²) in [5.41, 5.74) is 1.89. The molecule has 8 heteroatoms. The smallest absolute Gasteiger partial charge is 0.321 e. The number of likely N-dealkylation sites (tertiary alicyclic amines) is 1. The quantitative estimate of drug-likeness (QED) is 0.454. The summed E-state index contributed by atoms with van der Waals surface area (Å²) in [5, 5.41) is 5.41. The zero-order chi connectivity index (χ0) is 24.8. The Morgan fingerprint density at radius 1 is 1.03 bits per heavy atom. The van der Waals surface area contributed by atoms with Crippen LogP contribution in [-0.4, -0.2) is 36.5 Å². The molecule has 0 saturated carbocycles. The van der Waals surface area contributed by atoms with Gasteiger partial charge in [0.2, 0.25) is 0 Å². The van der Waals surface area contributed by atoms with Crippen LogP contribution in [0.3, 0.4) is 0 Å². The standard InChI is InChI=1S/C27H27F2N3O3/c1-2-35-23-11-9-22(10-12-23)30-27(34)32-14-4-7-20(17-32)18-5-3-6-19(15-18)26(33)31-25-13-8-21(28)16-24(25)29/h3,5-6,8-13,15-16,20H,2,4,7,14,17H2,1H3,(H,30,34)(H,31,33)/t20-/m1/s1. The van der Waals surface area contributed by atoms with Gasteiger partial charge in [-0.3, -0.25) is 4.79 Å². The Morgan fingerprint density at radius 3 is 2.57 bits per heavy atom. The third-order valence-corrected chi connectivity index (χ3v) is 5.92. The van der Waals surface area contributed by atoms with Crippen molar-refractivity contribution < 1.29 is 23.1 Å². The molecule has 0 unspecified atom stereocenters. The van der Waals surface area contributed by atoms with Gasteiger partial charge in [-0.25, -0.2) is 13.6 Å². The van der Waals surface area contributed by atoms with Gasteiger partial charge in [0.25, 0.3) is 5.91 Å². The zero-order valence-corrected chi connectivity index (χ0v) is 19.4. The zero-order valence-electron chi connectivity index (χ0n) is 19.4. The van der Waals surface area contributed by atoms with E-state index in [1.807, 2.05) is 25.1 Å². The molecule has 0 bridgehead atoms. The summed E-state index contributed by atoms with van der Waals surface area (Å²) in [4.78, 5) is 27.3. The van der Waals surface area contributed by atoms with E-state index >= 15 is 0 Å². The number of piperidine rings is 1. The number of anilines is 2. The number of hydrogen-bond donors (Lipinski definition) is 2. The van der Waals surface area contributed by atoms with Crippen molar-refractivity contribution in [3.05, 3.63) is 89.5 Å². The number of urea groups is 1. The van der Waals surface area contributed by atoms with Gasteiger partial charge in [-0.1, -0.05) is 12.1 Å². The first-order valence-corrected chi connectivity index (χ1v) is 11.6. The molecule has 3 aromatic rings. The van der Waals surface area contributed by atoms with Crippen LogP contribution in [0.4, 0.5) is 25.0 Å². The monoisotopic (exact) mass is 479 g/mol. The van der Waals surface area contributed by atoms with Crippen molar-refractivity contribution in [1.29, 1.82) is 0 Å². The van der Waals surface area contributed by atoms with E-state index in [1.54, 1.807) is 35.2 Å². The molecule has 1 saturated heterocycles. The van der Waals surface area contributed by atoms with Crippen LogP contribution in [0.25, 0.3) is 0 Å². The molecule has 4 rings (SSSR count). The van der Waals surface area contributed by atoms with Gasteiger partial charge in [-0.05, 0) is 73.9 Å². The number of benzene rings is 3. The molecule has 2 N–H and O–H groups in total. The molecular weight excluding hydrogens is 452 g/mol. The molecule has 0 aromatic heterocycles. The van der Waals surface area contributed by atoms with Gasteiger partial charge in [0.05, 0.1) is 12.3 Å². The lowest BCUT2D eigenvalue weighted by atomic mass is 9.89. The maximum Gasteiger partial charge on any atom is 0.321 e. The third kappa shape index (κ3) is 6.15. The Hall–Kier alpha value is -3.94. The highest BCUT2D eigenvalue weighted by atomic mass is 19.1. The number of hydrogen-bond acceptors (Lipinski definition) is 3. The number of carbonyl (C=O) groups excluding carboxylic acids is 2. The first kappa shape index (κ1) is 24.2. The summed E-state index contributed by atoms with van der Waals surface area (Å²) < 4.78 is 32.5. The number of amides is 3. The van der Waals surface area contributed by atoms with Crippen molar-refractivity contribution in [3.63, 3.8) is 0 Å². The Bertz CT molecular complexity index is 1200. The van der Waals surface area contributed by atoms with E-state index in [0.29, 0.717) is 30.9 Å². The van der Waals surface area contributed by atoms with Crippen LogP contribution in [0.5, 0.6) is 5.75 Å². The molecule has 1 fully saturated rings. The summed E-state index contributed by atoms with van der Waals surface area (Å²) in [7, 11) is 0. The van der Waals surface area contributed by atoms with Crippen LogP contribution in [0.1, 0.15) is 41.6 Å². The van der Waals surface area contributed by atoms with Crippen LogP contribution in [0.2, 0.25) is 0 Å². The van der Waals surface area contributed by atoms with Crippen molar-refractivity contribution >= 4 is 23.3 Å². The maximum absolute atomic E-state index is 13.9. The minimum Gasteiger partial charge on any atom is -0.494 e. The van der Waals surface area contributed by atoms with E-state index < -0.39 is 17.5 Å². The molecule has 0 radical (unpaired) electrons. The lowest BCUT2D eigenvalue weighted by Gasteiger charge is -2.33. The van der Waals surface area contributed by atoms with E-state index in [1.165, 1.54) is 6.07 Å². The molecule has 3 amide bonds. The summed E-state index contributed by atoms with van der Waals surface area (Å²) in [5.74, 6) is -1.23. The number of halogens is 2. The molecule has 0 spiro atoms. The van der Waals surface area contributed by atoms with Crippen molar-refractivity contribution in [2.75, 3.05) is 30.3 Å². The van der Waals surface area contributed by atoms with Gasteiger partial charge in [0.1, 0.15) is 17.4 Å². The highest BCUT2D eigenvalue weighted by Crippen LogP contribution is 2.28. The second-order valence-electron chi connectivity index (χ2n) is 8.38. The first-order chi connectivity index (χ1) is 16.9. The molecule has 35 heavy (non-hydrogen) atoms. The highest BCUT2D eigenvalue weighted by Gasteiger charge is 2.25. The van der Waals surface area contributed by atoms with Crippen molar-refractivity contribution in [2.24, 2.45) is 0 Å². The average molecular weight is 480 g/mol. The second-order valence-corrected chi connectivity index (χ2v) is 8.38. The predicted octanol–water partition coefficient (Wildman–Crippen LogP) is 6.03. The van der Waals surface area contributed by atoms with Crippen LogP contribution in [-0.2, 0) is 0 Å². The summed E-state index contributed by atoms with van der Waals surface area (Å²) >= 11 is 0. The van der Waals surface area contributed by atoms with Crippen LogP contribution < -0.4 is 15.4 Å². The van der Waals surface area contributed by atoms with Crippen LogP contribution in [0.15, 0.2) is 66.7 Å². The molecule has 1 atom stereocenters. The van der Waals surface area contributed by atoms with E-state index in [4.69, 9.17) is 4.74 Å². The van der Waals surface area contributed by atoms with Crippen LogP contribution >= 0.6 is 0 Å². The molecule has 3 aromatic carbocycles. The molecule has 6 nitrogen and oxygen atoms in total. The summed E-state index contributed by atoms with van der Waals surface area (Å²) in [6, 6.07) is 17.1. The predicted molar refractivity (Wildman–Crippen MR) is 131 cm³/mol. The molecule has 0 aliphatic carbocycles. The number of nitrogens with one attached hydrogen (secondary N) is 2. The maximum atomic E-state index is 13.9. The van der Waals surface area contributed by atoms with Crippen LogP contribution in [0, 0.1) is 11.6 Å². The van der Waals surface area contributed by atoms with Gasteiger partial charge < -0.3 is 20.3 Å². The molecular formula is C27H27F2N3O3. The molecule has 1 heterocycles. The van der Waals surface area contributed by atoms with Gasteiger partial charge in [-0.15, -0.1) is 0 Å². The van der Waals surface area contributed by atoms with Gasteiger partial charge in [-0.2, -0.15) is 0 Å². The first-order valence-electron chi connectivity index (χ1n) is 11.6. The topological polar surface area (TPSA) is 70.7 Å². The lowest BCUT2D eigenvalue weighted by molar-refractivity contribution is 0.102. The van der Waals surface area contributed by atoms with Crippen molar-refractivity contribution in [2.45, 2.75) is 25.7 Å². The number of rotatable bonds is 6. The molecule has 1 aliphatic rings. The summed E-state index contributed by atoms with van der Waals surface area (Å²) in [6.45, 7) is 3.65. The fourth-order valence-electron chi connectivity index (χ4n) is 4.16. The van der Waals surface area contributed by atoms with Crippen molar-refractivity contribution in [3.8, 4) is 5.75 Å². The normalized spacial score (nSPS) is 15.4. The largest absolute Gasteiger partial charge is 0.494 e. The van der Waals surface area contributed by atoms with Gasteiger partial charge >= 0.3 is 6.03 Å². The fourth-order valence-corrected chi connectivity index (χ4v) is 4.16. The Balaban J connectivity index is 1.40. The minimum absolute atomic E-state index is 0.0603. The Labute approximate surface area is 202 Å². The second kappa shape index (κ2) is 11.0. The number of carbonyl (C=O) groups is 2. The van der Waals surface area contributed by atoms with Gasteiger partial charge in [0, 0.05) is 36.3 Å². The molecule has 1 aliphatic heterocycles. The minimum atomic E-state index is -0.837. The van der Waals surface area contributed by atoms with Gasteiger partial charge in [0.15, 0.2) is 0 Å². The fraction of sp³-hybridized carbons (Fsp3) is 0.259. The van der Waals surface area contributed by atoms with E-state index in [2.05, 4.69) is 10.6 Å². The van der Waals surface area contributed by atoms with Crippen molar-refractivity contribution in [1.82, 2.24) is 4.90 Å². The highest BCUT2D eigenvalue weighted by molar-refractivity contribution is 6.04. The third-order valence-electron chi connectivity index (χ3n) is 5.92. The molecule has 182 valence electrons. The van der Waals surface area contributed by atoms with E-state index in [0.717, 1.165) is 36.3 Å². The summed E-state index contributed by atoms with van der Waals surface area (Å²) in [6.07, 6.45) is 1.71. The Kier molecular flexibility index (Phi) is 7.60. The number of nitrogens with zero attached hydrogens (tertiary/aromatic N) is 1. The average Bonchev–Trinajstić information content (AvgIpc) is 2.87. The van der Waals surface area contributed by atoms with E-state index in [-0.39, 0.29) is 17.6 Å². The lowest BCUT2D eigenvalue weighted by Crippen LogP contribution is -2.41. The van der Waals surface area contributed by atoms with E-state index in [9.17, 15) is 18.4 Å². The Morgan fingerprint density at radius 2 is 1.83 bits per heavy atom.